The molecule has 0 spiro atoms. The predicted molar refractivity (Wildman–Crippen MR) is 151 cm³/mol. The lowest BCUT2D eigenvalue weighted by Gasteiger charge is -2.51. The molecule has 2 aromatic heterocycles. The molecule has 3 aliphatic rings. The highest BCUT2D eigenvalue weighted by molar-refractivity contribution is 5.99. The van der Waals surface area contributed by atoms with Crippen molar-refractivity contribution >= 4 is 33.6 Å². The van der Waals surface area contributed by atoms with Crippen LogP contribution in [0.1, 0.15) is 24.5 Å². The summed E-state index contributed by atoms with van der Waals surface area (Å²) in [6.07, 6.45) is 6.56. The van der Waals surface area contributed by atoms with Gasteiger partial charge in [-0.25, -0.2) is 4.79 Å². The molecule has 1 N–H and O–H groups in total. The molecular formula is C31H32N4O4. The molecule has 3 saturated heterocycles. The monoisotopic (exact) mass is 524 g/mol. The second-order valence-electron chi connectivity index (χ2n) is 10.2. The van der Waals surface area contributed by atoms with Gasteiger partial charge in [-0.2, -0.15) is 0 Å². The summed E-state index contributed by atoms with van der Waals surface area (Å²) in [7, 11) is 3.26. The number of piperidine rings is 3. The minimum Gasteiger partial charge on any atom is -0.497 e. The van der Waals surface area contributed by atoms with Crippen molar-refractivity contribution in [1.29, 1.82) is 0 Å². The van der Waals surface area contributed by atoms with E-state index in [4.69, 9.17) is 14.2 Å². The zero-order valence-electron chi connectivity index (χ0n) is 22.2. The van der Waals surface area contributed by atoms with Crippen LogP contribution < -0.4 is 14.8 Å². The van der Waals surface area contributed by atoms with Gasteiger partial charge in [0.05, 0.1) is 37.0 Å². The van der Waals surface area contributed by atoms with Crippen molar-refractivity contribution < 1.29 is 19.0 Å². The van der Waals surface area contributed by atoms with Gasteiger partial charge < -0.3 is 14.2 Å². The van der Waals surface area contributed by atoms with Gasteiger partial charge in [0.25, 0.3) is 0 Å². The number of nitrogens with one attached hydrogen (secondary N) is 1. The fraction of sp³-hybridized carbons (Fsp3) is 0.323. The van der Waals surface area contributed by atoms with Crippen LogP contribution in [0, 0.1) is 11.8 Å². The number of hydrogen-bond acceptors (Lipinski definition) is 7. The molecule has 2 bridgehead atoms. The summed E-state index contributed by atoms with van der Waals surface area (Å²) in [6, 6.07) is 15.1. The first-order valence-electron chi connectivity index (χ1n) is 13.3. The van der Waals surface area contributed by atoms with Crippen molar-refractivity contribution in [3.8, 4) is 11.5 Å². The Bertz CT molecular complexity index is 1540. The predicted octanol–water partition coefficient (Wildman–Crippen LogP) is 5.99. The topological polar surface area (TPSA) is 85.8 Å². The van der Waals surface area contributed by atoms with Crippen LogP contribution in [0.25, 0.3) is 21.8 Å². The Morgan fingerprint density at radius 2 is 1.72 bits per heavy atom. The van der Waals surface area contributed by atoms with Crippen molar-refractivity contribution in [2.75, 3.05) is 32.6 Å². The fourth-order valence-corrected chi connectivity index (χ4v) is 6.18. The van der Waals surface area contributed by atoms with Crippen molar-refractivity contribution in [2.24, 2.45) is 11.8 Å². The summed E-state index contributed by atoms with van der Waals surface area (Å²) in [5.74, 6) is 2.39. The first-order valence-corrected chi connectivity index (χ1v) is 13.3. The zero-order valence-corrected chi connectivity index (χ0v) is 22.2. The van der Waals surface area contributed by atoms with Crippen LogP contribution in [0.5, 0.6) is 11.5 Å². The highest BCUT2D eigenvalue weighted by Crippen LogP contribution is 2.44. The number of methoxy groups -OCH3 is 2. The largest absolute Gasteiger partial charge is 0.497 e. The zero-order chi connectivity index (χ0) is 26.9. The van der Waals surface area contributed by atoms with Crippen LogP contribution in [0.3, 0.4) is 0 Å². The molecule has 8 nitrogen and oxygen atoms in total. The summed E-state index contributed by atoms with van der Waals surface area (Å²) in [5, 5.41) is 4.67. The van der Waals surface area contributed by atoms with Gasteiger partial charge in [-0.3, -0.25) is 20.2 Å². The van der Waals surface area contributed by atoms with E-state index < -0.39 is 12.2 Å². The number of carbonyl (C=O) groups excluding carboxylic acids is 1. The first-order chi connectivity index (χ1) is 19.1. The Morgan fingerprint density at radius 1 is 1.03 bits per heavy atom. The van der Waals surface area contributed by atoms with E-state index in [2.05, 4.69) is 32.8 Å². The molecule has 2 aromatic carbocycles. The summed E-state index contributed by atoms with van der Waals surface area (Å²) >= 11 is 0. The number of benzene rings is 2. The van der Waals surface area contributed by atoms with Gasteiger partial charge in [0.2, 0.25) is 0 Å². The quantitative estimate of drug-likeness (QED) is 0.297. The number of rotatable bonds is 7. The molecule has 5 atom stereocenters. The molecule has 4 aromatic rings. The molecule has 3 fully saturated rings. The smallest absolute Gasteiger partial charge is 0.412 e. The maximum atomic E-state index is 13.6. The molecule has 200 valence electrons. The van der Waals surface area contributed by atoms with Crippen molar-refractivity contribution in [3.05, 3.63) is 79.1 Å². The number of carbonyl (C=O) groups is 1. The lowest BCUT2D eigenvalue weighted by molar-refractivity contribution is -0.0473. The van der Waals surface area contributed by atoms with Crippen LogP contribution in [0.2, 0.25) is 0 Å². The number of nitrogens with zero attached hydrogens (tertiary/aromatic N) is 3. The summed E-state index contributed by atoms with van der Waals surface area (Å²) in [6.45, 7) is 5.96. The SMILES string of the molecule is C=C[C@H]1CN2CC[C@H]1C[C@H]2[C@H](OC(=O)Nc1ccnc2ccc(OC)cc12)c1ccnc2ccc(OC)cc12. The van der Waals surface area contributed by atoms with E-state index in [1.807, 2.05) is 42.5 Å². The van der Waals surface area contributed by atoms with Gasteiger partial charge in [0, 0.05) is 35.3 Å². The number of amides is 1. The molecule has 0 saturated carbocycles. The lowest BCUT2D eigenvalue weighted by Crippen LogP contribution is -2.55. The molecule has 7 rings (SSSR count). The second-order valence-corrected chi connectivity index (χ2v) is 10.2. The van der Waals surface area contributed by atoms with Gasteiger partial charge in [-0.1, -0.05) is 6.08 Å². The third kappa shape index (κ3) is 4.76. The number of pyridine rings is 2. The standard InChI is InChI=1S/C31H32N4O4/c1-4-19-18-35-14-11-20(19)15-29(35)30(23-9-12-32-26-7-5-21(37-2)16-24(23)26)39-31(36)34-28-10-13-33-27-8-6-22(38-3)17-25(27)28/h4-10,12-13,16-17,19-20,29-30H,1,11,14-15,18H2,2-3H3,(H,33,34,36)/t19-,20-,29-,30+/m0/s1. The maximum absolute atomic E-state index is 13.6. The number of fused-ring (bicyclic) bond motifs is 5. The van der Waals surface area contributed by atoms with Gasteiger partial charge in [0.15, 0.2) is 0 Å². The summed E-state index contributed by atoms with van der Waals surface area (Å²) in [5.41, 5.74) is 3.11. The highest BCUT2D eigenvalue weighted by atomic mass is 16.6. The molecule has 39 heavy (non-hydrogen) atoms. The molecule has 8 heteroatoms. The minimum absolute atomic E-state index is 0.0387. The van der Waals surface area contributed by atoms with Gasteiger partial charge >= 0.3 is 6.09 Å². The average molecular weight is 525 g/mol. The fourth-order valence-electron chi connectivity index (χ4n) is 6.18. The maximum Gasteiger partial charge on any atom is 0.412 e. The second kappa shape index (κ2) is 10.5. The molecular weight excluding hydrogens is 492 g/mol. The van der Waals surface area contributed by atoms with E-state index in [1.54, 1.807) is 32.7 Å². The Balaban J connectivity index is 1.37. The van der Waals surface area contributed by atoms with Crippen LogP contribution >= 0.6 is 0 Å². The molecule has 1 unspecified atom stereocenters. The Labute approximate surface area is 227 Å². The van der Waals surface area contributed by atoms with Gasteiger partial charge in [-0.05, 0) is 79.8 Å². The van der Waals surface area contributed by atoms with E-state index in [9.17, 15) is 4.79 Å². The van der Waals surface area contributed by atoms with E-state index >= 15 is 0 Å². The van der Waals surface area contributed by atoms with Crippen molar-refractivity contribution in [2.45, 2.75) is 25.0 Å². The van der Waals surface area contributed by atoms with Crippen molar-refractivity contribution in [3.63, 3.8) is 0 Å². The highest BCUT2D eigenvalue weighted by Gasteiger charge is 2.44. The van der Waals surface area contributed by atoms with Crippen LogP contribution in [-0.4, -0.2) is 54.3 Å². The Hall–Kier alpha value is -4.17. The average Bonchev–Trinajstić information content (AvgIpc) is 2.99. The molecule has 0 aliphatic carbocycles. The van der Waals surface area contributed by atoms with Crippen molar-refractivity contribution in [1.82, 2.24) is 14.9 Å². The van der Waals surface area contributed by atoms with Gasteiger partial charge in [0.1, 0.15) is 17.6 Å². The first kappa shape index (κ1) is 25.1. The third-order valence-corrected chi connectivity index (χ3v) is 8.21. The summed E-state index contributed by atoms with van der Waals surface area (Å²) < 4.78 is 17.3. The number of ether oxygens (including phenoxy) is 3. The molecule has 1 amide bonds. The third-order valence-electron chi connectivity index (χ3n) is 8.21. The Morgan fingerprint density at radius 3 is 2.38 bits per heavy atom. The number of aromatic nitrogens is 2. The number of hydrogen-bond donors (Lipinski definition) is 1. The number of anilines is 1. The van der Waals surface area contributed by atoms with Crippen LogP contribution in [0.4, 0.5) is 10.5 Å². The van der Waals surface area contributed by atoms with Gasteiger partial charge in [-0.15, -0.1) is 6.58 Å². The van der Waals surface area contributed by atoms with E-state index in [1.165, 1.54) is 0 Å². The summed E-state index contributed by atoms with van der Waals surface area (Å²) in [4.78, 5) is 25.0. The Kier molecular flexibility index (Phi) is 6.79. The normalized spacial score (nSPS) is 22.8. The van der Waals surface area contributed by atoms with Crippen LogP contribution in [-0.2, 0) is 4.74 Å². The molecule has 5 heterocycles. The lowest BCUT2D eigenvalue weighted by atomic mass is 9.73. The van der Waals surface area contributed by atoms with E-state index in [0.29, 0.717) is 23.3 Å². The minimum atomic E-state index is -0.522. The molecule has 3 aliphatic heterocycles. The van der Waals surface area contributed by atoms with E-state index in [-0.39, 0.29) is 6.04 Å². The van der Waals surface area contributed by atoms with E-state index in [0.717, 1.165) is 59.0 Å². The molecule has 0 radical (unpaired) electrons. The van der Waals surface area contributed by atoms with Crippen LogP contribution in [0.15, 0.2) is 73.6 Å².